The third-order valence-corrected chi connectivity index (χ3v) is 3.69. The summed E-state index contributed by atoms with van der Waals surface area (Å²) >= 11 is 0. The molecule has 19 heavy (non-hydrogen) atoms. The van der Waals surface area contributed by atoms with E-state index in [2.05, 4.69) is 18.3 Å². The fraction of sp³-hybridized carbons (Fsp3) is 0.467. The minimum atomic E-state index is 0.0733. The largest absolute Gasteiger partial charge is 0.341 e. The maximum Gasteiger partial charge on any atom is 0.227 e. The average Bonchev–Trinajstić information content (AvgIpc) is 2.84. The highest BCUT2D eigenvalue weighted by Gasteiger charge is 2.31. The van der Waals surface area contributed by atoms with Gasteiger partial charge in [-0.3, -0.25) is 4.79 Å². The first-order chi connectivity index (χ1) is 9.11. The molecule has 1 aliphatic heterocycles. The molecule has 1 heterocycles. The molecular formula is C15H19N3O. The summed E-state index contributed by atoms with van der Waals surface area (Å²) in [5, 5.41) is 12.1. The number of benzene rings is 1. The number of nitrogens with zero attached hydrogens (tertiary/aromatic N) is 2. The van der Waals surface area contributed by atoms with E-state index >= 15 is 0 Å². The molecular weight excluding hydrogens is 238 g/mol. The monoisotopic (exact) mass is 257 g/mol. The molecule has 0 spiro atoms. The normalized spacial score (nSPS) is 21.9. The van der Waals surface area contributed by atoms with E-state index < -0.39 is 0 Å². The van der Waals surface area contributed by atoms with Crippen LogP contribution in [0.2, 0.25) is 0 Å². The van der Waals surface area contributed by atoms with Gasteiger partial charge in [-0.25, -0.2) is 0 Å². The van der Waals surface area contributed by atoms with E-state index in [0.717, 1.165) is 18.7 Å². The van der Waals surface area contributed by atoms with Crippen molar-refractivity contribution in [3.05, 3.63) is 35.4 Å². The molecule has 1 aromatic carbocycles. The Bertz CT molecular complexity index is 506. The summed E-state index contributed by atoms with van der Waals surface area (Å²) in [4.78, 5) is 14.1. The van der Waals surface area contributed by atoms with Crippen molar-refractivity contribution in [2.75, 3.05) is 20.1 Å². The molecule has 100 valence electrons. The van der Waals surface area contributed by atoms with Gasteiger partial charge in [0.25, 0.3) is 0 Å². The summed E-state index contributed by atoms with van der Waals surface area (Å²) in [5.74, 6) is 0.643. The fourth-order valence-corrected chi connectivity index (χ4v) is 2.51. The lowest BCUT2D eigenvalue weighted by molar-refractivity contribution is -0.135. The maximum absolute atomic E-state index is 12.3. The lowest BCUT2D eigenvalue weighted by Gasteiger charge is -2.23. The van der Waals surface area contributed by atoms with Crippen molar-refractivity contribution in [3.8, 4) is 6.07 Å². The second-order valence-electron chi connectivity index (χ2n) is 5.25. The van der Waals surface area contributed by atoms with Crippen LogP contribution >= 0.6 is 0 Å². The molecule has 0 aliphatic carbocycles. The van der Waals surface area contributed by atoms with Crippen LogP contribution in [0.4, 0.5) is 0 Å². The third-order valence-electron chi connectivity index (χ3n) is 3.69. The Balaban J connectivity index is 2.02. The van der Waals surface area contributed by atoms with Crippen molar-refractivity contribution >= 4 is 5.91 Å². The molecule has 0 radical (unpaired) electrons. The Labute approximate surface area is 114 Å². The molecule has 1 N–H and O–H groups in total. The number of amides is 1. The SMILES string of the molecule is CC1CNCC1C(=O)N(C)Cc1cccc(C#N)c1. The Morgan fingerprint density at radius 1 is 1.53 bits per heavy atom. The second kappa shape index (κ2) is 5.85. The number of rotatable bonds is 3. The van der Waals surface area contributed by atoms with Crippen LogP contribution < -0.4 is 5.32 Å². The Kier molecular flexibility index (Phi) is 4.18. The van der Waals surface area contributed by atoms with Gasteiger partial charge in [-0.15, -0.1) is 0 Å². The summed E-state index contributed by atoms with van der Waals surface area (Å²) in [5.41, 5.74) is 1.63. The minimum Gasteiger partial charge on any atom is -0.341 e. The number of carbonyl (C=O) groups excluding carboxylic acids is 1. The van der Waals surface area contributed by atoms with E-state index in [0.29, 0.717) is 18.0 Å². The van der Waals surface area contributed by atoms with Crippen molar-refractivity contribution in [2.45, 2.75) is 13.5 Å². The molecule has 1 fully saturated rings. The highest BCUT2D eigenvalue weighted by Crippen LogP contribution is 2.19. The third kappa shape index (κ3) is 3.12. The maximum atomic E-state index is 12.3. The van der Waals surface area contributed by atoms with E-state index in [1.165, 1.54) is 0 Å². The van der Waals surface area contributed by atoms with Crippen molar-refractivity contribution in [1.82, 2.24) is 10.2 Å². The van der Waals surface area contributed by atoms with Crippen LogP contribution in [0.1, 0.15) is 18.1 Å². The topological polar surface area (TPSA) is 56.1 Å². The lowest BCUT2D eigenvalue weighted by Crippen LogP contribution is -2.35. The van der Waals surface area contributed by atoms with E-state index in [4.69, 9.17) is 5.26 Å². The highest BCUT2D eigenvalue weighted by atomic mass is 16.2. The fourth-order valence-electron chi connectivity index (χ4n) is 2.51. The van der Waals surface area contributed by atoms with Gasteiger partial charge in [0.05, 0.1) is 17.6 Å². The quantitative estimate of drug-likeness (QED) is 0.890. The van der Waals surface area contributed by atoms with Crippen LogP contribution in [0.25, 0.3) is 0 Å². The van der Waals surface area contributed by atoms with Crippen molar-refractivity contribution < 1.29 is 4.79 Å². The van der Waals surface area contributed by atoms with Crippen molar-refractivity contribution in [2.24, 2.45) is 11.8 Å². The van der Waals surface area contributed by atoms with Gasteiger partial charge in [0, 0.05) is 20.1 Å². The molecule has 2 rings (SSSR count). The van der Waals surface area contributed by atoms with Gasteiger partial charge in [-0.1, -0.05) is 19.1 Å². The van der Waals surface area contributed by atoms with Gasteiger partial charge < -0.3 is 10.2 Å². The predicted molar refractivity (Wildman–Crippen MR) is 73.2 cm³/mol. The van der Waals surface area contributed by atoms with Crippen LogP contribution in [0, 0.1) is 23.2 Å². The van der Waals surface area contributed by atoms with Crippen LogP contribution in [0.3, 0.4) is 0 Å². The first-order valence-electron chi connectivity index (χ1n) is 6.56. The van der Waals surface area contributed by atoms with Crippen LogP contribution in [0.5, 0.6) is 0 Å². The second-order valence-corrected chi connectivity index (χ2v) is 5.25. The molecule has 1 aromatic rings. The summed E-state index contributed by atoms with van der Waals surface area (Å²) in [6, 6.07) is 9.52. The minimum absolute atomic E-state index is 0.0733. The molecule has 4 heteroatoms. The summed E-state index contributed by atoms with van der Waals surface area (Å²) in [6.07, 6.45) is 0. The standard InChI is InChI=1S/C15H19N3O/c1-11-8-17-9-14(11)15(19)18(2)10-13-5-3-4-12(6-13)7-16/h3-6,11,14,17H,8-10H2,1-2H3. The molecule has 2 atom stereocenters. The Morgan fingerprint density at radius 2 is 2.32 bits per heavy atom. The zero-order chi connectivity index (χ0) is 13.8. The molecule has 1 aliphatic rings. The number of hydrogen-bond donors (Lipinski definition) is 1. The van der Waals surface area contributed by atoms with Crippen LogP contribution in [-0.2, 0) is 11.3 Å². The molecule has 0 saturated carbocycles. The van der Waals surface area contributed by atoms with Gasteiger partial charge in [-0.2, -0.15) is 5.26 Å². The predicted octanol–water partition coefficient (Wildman–Crippen LogP) is 1.37. The molecule has 0 bridgehead atoms. The zero-order valence-corrected chi connectivity index (χ0v) is 11.4. The van der Waals surface area contributed by atoms with E-state index in [1.54, 1.807) is 11.0 Å². The van der Waals surface area contributed by atoms with Gasteiger partial charge in [0.15, 0.2) is 0 Å². The molecule has 1 saturated heterocycles. The molecule has 2 unspecified atom stereocenters. The lowest BCUT2D eigenvalue weighted by atomic mass is 9.96. The number of nitrogens with one attached hydrogen (secondary N) is 1. The Hall–Kier alpha value is -1.86. The van der Waals surface area contributed by atoms with Gasteiger partial charge in [-0.05, 0) is 30.2 Å². The van der Waals surface area contributed by atoms with E-state index in [9.17, 15) is 4.79 Å². The van der Waals surface area contributed by atoms with Gasteiger partial charge >= 0.3 is 0 Å². The van der Waals surface area contributed by atoms with Gasteiger partial charge in [0.1, 0.15) is 0 Å². The van der Waals surface area contributed by atoms with Crippen LogP contribution in [0.15, 0.2) is 24.3 Å². The van der Waals surface area contributed by atoms with E-state index in [-0.39, 0.29) is 11.8 Å². The van der Waals surface area contributed by atoms with Crippen molar-refractivity contribution in [1.29, 1.82) is 5.26 Å². The van der Waals surface area contributed by atoms with E-state index in [1.807, 2.05) is 25.2 Å². The van der Waals surface area contributed by atoms with Gasteiger partial charge in [0.2, 0.25) is 5.91 Å². The Morgan fingerprint density at radius 3 is 2.95 bits per heavy atom. The molecule has 0 aromatic heterocycles. The highest BCUT2D eigenvalue weighted by molar-refractivity contribution is 5.79. The number of hydrogen-bond acceptors (Lipinski definition) is 3. The summed E-state index contributed by atoms with van der Waals surface area (Å²) < 4.78 is 0. The smallest absolute Gasteiger partial charge is 0.227 e. The first kappa shape index (κ1) is 13.6. The number of carbonyl (C=O) groups is 1. The zero-order valence-electron chi connectivity index (χ0n) is 11.4. The molecule has 4 nitrogen and oxygen atoms in total. The summed E-state index contributed by atoms with van der Waals surface area (Å²) in [7, 11) is 1.83. The first-order valence-corrected chi connectivity index (χ1v) is 6.56. The summed E-state index contributed by atoms with van der Waals surface area (Å²) in [6.45, 7) is 4.33. The average molecular weight is 257 g/mol. The van der Waals surface area contributed by atoms with Crippen LogP contribution in [-0.4, -0.2) is 30.9 Å². The van der Waals surface area contributed by atoms with Crippen molar-refractivity contribution in [3.63, 3.8) is 0 Å². The molecule has 1 amide bonds. The number of nitriles is 1.